The van der Waals surface area contributed by atoms with Gasteiger partial charge in [-0.05, 0) is 45.1 Å². The molecule has 1 saturated heterocycles. The number of fused-ring (bicyclic) bond motifs is 1. The van der Waals surface area contributed by atoms with E-state index in [0.717, 1.165) is 5.56 Å². The molecule has 1 saturated carbocycles. The molecule has 0 unspecified atom stereocenters. The molecule has 0 spiro atoms. The molecule has 2 fully saturated rings. The minimum Gasteiger partial charge on any atom is -0.469 e. The van der Waals surface area contributed by atoms with E-state index in [0.29, 0.717) is 19.4 Å². The van der Waals surface area contributed by atoms with Crippen molar-refractivity contribution < 1.29 is 28.6 Å². The minimum atomic E-state index is -0.847. The van der Waals surface area contributed by atoms with Gasteiger partial charge in [0.05, 0.1) is 12.5 Å². The number of hydrogen-bond donors (Lipinski definition) is 1. The third-order valence-corrected chi connectivity index (χ3v) is 5.65. The van der Waals surface area contributed by atoms with Crippen LogP contribution in [0, 0.1) is 11.3 Å². The molecule has 8 nitrogen and oxygen atoms in total. The number of carbonyl (C=O) groups excluding carboxylic acids is 3. The van der Waals surface area contributed by atoms with Gasteiger partial charge in [0.25, 0.3) is 0 Å². The molecule has 2 amide bonds. The molecular formula is C22H30N2O6. The van der Waals surface area contributed by atoms with Crippen molar-refractivity contribution in [3.8, 4) is 0 Å². The molecular weight excluding hydrogens is 388 g/mol. The van der Waals surface area contributed by atoms with E-state index < -0.39 is 23.2 Å². The molecule has 1 aromatic carbocycles. The summed E-state index contributed by atoms with van der Waals surface area (Å²) in [4.78, 5) is 39.0. The van der Waals surface area contributed by atoms with Gasteiger partial charge in [-0.15, -0.1) is 0 Å². The van der Waals surface area contributed by atoms with Crippen LogP contribution >= 0.6 is 0 Å². The first-order valence-corrected chi connectivity index (χ1v) is 10.2. The van der Waals surface area contributed by atoms with Crippen LogP contribution in [0.2, 0.25) is 0 Å². The van der Waals surface area contributed by atoms with Gasteiger partial charge >= 0.3 is 18.2 Å². The number of nitrogens with zero attached hydrogens (tertiary/aromatic N) is 1. The summed E-state index contributed by atoms with van der Waals surface area (Å²) in [6.07, 6.45) is 0.00265. The summed E-state index contributed by atoms with van der Waals surface area (Å²) >= 11 is 0. The highest BCUT2D eigenvalue weighted by Crippen LogP contribution is 2.49. The molecule has 1 aliphatic carbocycles. The highest BCUT2D eigenvalue weighted by Gasteiger charge is 2.59. The first-order chi connectivity index (χ1) is 14.1. The summed E-state index contributed by atoms with van der Waals surface area (Å²) in [5.41, 5.74) is -0.549. The van der Waals surface area contributed by atoms with Crippen molar-refractivity contribution in [2.45, 2.75) is 51.9 Å². The summed E-state index contributed by atoms with van der Waals surface area (Å²) in [6, 6.07) is 9.21. The molecule has 8 heteroatoms. The zero-order valence-electron chi connectivity index (χ0n) is 18.0. The van der Waals surface area contributed by atoms with Crippen LogP contribution in [0.25, 0.3) is 0 Å². The molecule has 0 aromatic heterocycles. The number of rotatable bonds is 4. The molecule has 30 heavy (non-hydrogen) atoms. The van der Waals surface area contributed by atoms with Crippen LogP contribution in [-0.2, 0) is 25.6 Å². The molecule has 1 N–H and O–H groups in total. The Morgan fingerprint density at radius 1 is 1.20 bits per heavy atom. The van der Waals surface area contributed by atoms with E-state index in [1.807, 2.05) is 30.3 Å². The summed E-state index contributed by atoms with van der Waals surface area (Å²) in [5, 5.41) is 2.85. The van der Waals surface area contributed by atoms with E-state index in [2.05, 4.69) is 5.32 Å². The lowest BCUT2D eigenvalue weighted by atomic mass is 9.81. The molecule has 1 aliphatic heterocycles. The zero-order chi connectivity index (χ0) is 21.9. The highest BCUT2D eigenvalue weighted by molar-refractivity contribution is 5.81. The maximum absolute atomic E-state index is 12.7. The number of esters is 1. The Balaban J connectivity index is 1.62. The molecule has 1 aromatic rings. The fourth-order valence-electron chi connectivity index (χ4n) is 4.42. The average molecular weight is 418 g/mol. The number of nitrogens with one attached hydrogen (secondary N) is 1. The Labute approximate surface area is 176 Å². The number of alkyl carbamates (subject to hydrolysis) is 1. The van der Waals surface area contributed by atoms with Gasteiger partial charge in [0.2, 0.25) is 0 Å². The van der Waals surface area contributed by atoms with E-state index in [9.17, 15) is 14.4 Å². The number of carbonyl (C=O) groups is 3. The smallest absolute Gasteiger partial charge is 0.410 e. The Bertz CT molecular complexity index is 791. The molecule has 3 atom stereocenters. The van der Waals surface area contributed by atoms with Crippen molar-refractivity contribution in [2.24, 2.45) is 11.3 Å². The van der Waals surface area contributed by atoms with Crippen LogP contribution in [0.5, 0.6) is 0 Å². The lowest BCUT2D eigenvalue weighted by Gasteiger charge is -2.26. The predicted molar refractivity (Wildman–Crippen MR) is 109 cm³/mol. The van der Waals surface area contributed by atoms with E-state index in [1.165, 1.54) is 7.11 Å². The summed E-state index contributed by atoms with van der Waals surface area (Å²) < 4.78 is 15.8. The molecule has 164 valence electrons. The number of benzene rings is 1. The van der Waals surface area contributed by atoms with Gasteiger partial charge in [-0.2, -0.15) is 0 Å². The lowest BCUT2D eigenvalue weighted by Crippen LogP contribution is -2.42. The first kappa shape index (κ1) is 21.9. The van der Waals surface area contributed by atoms with Crippen LogP contribution in [0.1, 0.15) is 39.2 Å². The fourth-order valence-corrected chi connectivity index (χ4v) is 4.42. The molecule has 0 bridgehead atoms. The third-order valence-electron chi connectivity index (χ3n) is 5.65. The molecule has 3 rings (SSSR count). The second-order valence-corrected chi connectivity index (χ2v) is 9.05. The van der Waals surface area contributed by atoms with Crippen molar-refractivity contribution in [3.63, 3.8) is 0 Å². The van der Waals surface area contributed by atoms with Crippen LogP contribution in [0.4, 0.5) is 9.59 Å². The summed E-state index contributed by atoms with van der Waals surface area (Å²) in [7, 11) is 1.35. The van der Waals surface area contributed by atoms with Crippen LogP contribution in [-0.4, -0.2) is 54.9 Å². The van der Waals surface area contributed by atoms with Gasteiger partial charge in [-0.1, -0.05) is 30.3 Å². The van der Waals surface area contributed by atoms with Gasteiger partial charge in [0.15, 0.2) is 0 Å². The summed E-state index contributed by atoms with van der Waals surface area (Å²) in [6.45, 7) is 6.16. The van der Waals surface area contributed by atoms with Crippen molar-refractivity contribution in [3.05, 3.63) is 35.9 Å². The second-order valence-electron chi connectivity index (χ2n) is 9.05. The van der Waals surface area contributed by atoms with Crippen LogP contribution in [0.3, 0.4) is 0 Å². The minimum absolute atomic E-state index is 0.117. The largest absolute Gasteiger partial charge is 0.469 e. The Morgan fingerprint density at radius 2 is 1.90 bits per heavy atom. The summed E-state index contributed by atoms with van der Waals surface area (Å²) in [5.74, 6) is -0.478. The van der Waals surface area contributed by atoms with E-state index in [-0.39, 0.29) is 31.1 Å². The molecule has 1 heterocycles. The average Bonchev–Trinajstić information content (AvgIpc) is 3.19. The molecule has 0 radical (unpaired) electrons. The quantitative estimate of drug-likeness (QED) is 0.596. The SMILES string of the molecule is COC(=O)[C@]12C[C@H](NC(=O)OC(C)(C)C)C[C@@H]1CN(C(=O)OCc1ccccc1)C2. The van der Waals surface area contributed by atoms with E-state index in [1.54, 1.807) is 25.7 Å². The Hall–Kier alpha value is -2.77. The van der Waals surface area contributed by atoms with Gasteiger partial charge in [-0.3, -0.25) is 4.79 Å². The maximum Gasteiger partial charge on any atom is 0.410 e. The topological polar surface area (TPSA) is 94.2 Å². The van der Waals surface area contributed by atoms with Gasteiger partial charge in [-0.25, -0.2) is 9.59 Å². The van der Waals surface area contributed by atoms with Gasteiger partial charge in [0.1, 0.15) is 12.2 Å². The predicted octanol–water partition coefficient (Wildman–Crippen LogP) is 3.10. The van der Waals surface area contributed by atoms with E-state index in [4.69, 9.17) is 14.2 Å². The van der Waals surface area contributed by atoms with Gasteiger partial charge < -0.3 is 24.4 Å². The van der Waals surface area contributed by atoms with Crippen molar-refractivity contribution in [1.29, 1.82) is 0 Å². The number of ether oxygens (including phenoxy) is 3. The Morgan fingerprint density at radius 3 is 2.53 bits per heavy atom. The number of methoxy groups -OCH3 is 1. The Kier molecular flexibility index (Phi) is 6.24. The van der Waals surface area contributed by atoms with Crippen LogP contribution < -0.4 is 5.32 Å². The normalized spacial score (nSPS) is 25.4. The highest BCUT2D eigenvalue weighted by atomic mass is 16.6. The van der Waals surface area contributed by atoms with E-state index >= 15 is 0 Å². The van der Waals surface area contributed by atoms with Gasteiger partial charge in [0, 0.05) is 19.1 Å². The maximum atomic E-state index is 12.7. The molecule has 2 aliphatic rings. The zero-order valence-corrected chi connectivity index (χ0v) is 18.0. The monoisotopic (exact) mass is 418 g/mol. The first-order valence-electron chi connectivity index (χ1n) is 10.2. The number of likely N-dealkylation sites (tertiary alicyclic amines) is 1. The lowest BCUT2D eigenvalue weighted by molar-refractivity contribution is -0.153. The standard InChI is InChI=1S/C22H30N2O6/c1-21(2,3)30-19(26)23-17-10-16-12-24(14-22(16,11-17)18(25)28-4)20(27)29-13-15-8-6-5-7-9-15/h5-9,16-17H,10-14H2,1-4H3,(H,23,26)/t16-,17-,22+/m1/s1. The third kappa shape index (κ3) is 4.86. The number of amides is 2. The second kappa shape index (κ2) is 8.53. The fraction of sp³-hybridized carbons (Fsp3) is 0.591. The van der Waals surface area contributed by atoms with Crippen molar-refractivity contribution >= 4 is 18.2 Å². The van der Waals surface area contributed by atoms with Crippen molar-refractivity contribution in [2.75, 3.05) is 20.2 Å². The van der Waals surface area contributed by atoms with Crippen LogP contribution in [0.15, 0.2) is 30.3 Å². The van der Waals surface area contributed by atoms with Crippen molar-refractivity contribution in [1.82, 2.24) is 10.2 Å². The number of hydrogen-bond acceptors (Lipinski definition) is 6.